The van der Waals surface area contributed by atoms with E-state index in [0.29, 0.717) is 5.69 Å². The van der Waals surface area contributed by atoms with E-state index in [1.54, 1.807) is 0 Å². The van der Waals surface area contributed by atoms with Crippen LogP contribution in [0.1, 0.15) is 34.1 Å². The number of benzene rings is 2. The molecule has 0 spiro atoms. The fourth-order valence-electron chi connectivity index (χ4n) is 4.33. The Balaban J connectivity index is 1.43. The Morgan fingerprint density at radius 1 is 1.00 bits per heavy atom. The standard InChI is InChI=1S/C23H22N4O/c1-16-12-18-7-4-5-9-21(18)27(16)23(28)20-13-22(25-15-24-20)26-11-10-17-6-2-3-8-19(17)14-26/h2-9,13,15-16H,10-12,14H2,1H3. The zero-order valence-corrected chi connectivity index (χ0v) is 15.9. The minimum atomic E-state index is -0.0569. The van der Waals surface area contributed by atoms with Crippen molar-refractivity contribution in [2.75, 3.05) is 16.3 Å². The topological polar surface area (TPSA) is 49.3 Å². The number of carbonyl (C=O) groups is 1. The van der Waals surface area contributed by atoms with E-state index in [4.69, 9.17) is 0 Å². The Morgan fingerprint density at radius 2 is 1.75 bits per heavy atom. The van der Waals surface area contributed by atoms with E-state index in [9.17, 15) is 4.79 Å². The van der Waals surface area contributed by atoms with Crippen LogP contribution in [-0.4, -0.2) is 28.5 Å². The molecule has 0 fully saturated rings. The van der Waals surface area contributed by atoms with Gasteiger partial charge >= 0.3 is 0 Å². The van der Waals surface area contributed by atoms with Crippen molar-refractivity contribution in [3.8, 4) is 0 Å². The molecule has 2 aliphatic heterocycles. The number of para-hydroxylation sites is 1. The first-order valence-electron chi connectivity index (χ1n) is 9.76. The summed E-state index contributed by atoms with van der Waals surface area (Å²) in [7, 11) is 0. The van der Waals surface area contributed by atoms with E-state index in [0.717, 1.165) is 37.4 Å². The summed E-state index contributed by atoms with van der Waals surface area (Å²) in [5, 5.41) is 0. The minimum absolute atomic E-state index is 0.0569. The van der Waals surface area contributed by atoms with Gasteiger partial charge in [0.25, 0.3) is 5.91 Å². The summed E-state index contributed by atoms with van der Waals surface area (Å²) in [5.74, 6) is 0.756. The highest BCUT2D eigenvalue weighted by atomic mass is 16.2. The fraction of sp³-hybridized carbons (Fsp3) is 0.261. The van der Waals surface area contributed by atoms with Crippen molar-refractivity contribution in [1.82, 2.24) is 9.97 Å². The van der Waals surface area contributed by atoms with Crippen LogP contribution in [0.15, 0.2) is 60.9 Å². The number of hydrogen-bond donors (Lipinski definition) is 0. The van der Waals surface area contributed by atoms with Crippen molar-refractivity contribution < 1.29 is 4.79 Å². The average Bonchev–Trinajstić information content (AvgIpc) is 3.08. The third-order valence-electron chi connectivity index (χ3n) is 5.75. The molecular weight excluding hydrogens is 348 g/mol. The van der Waals surface area contributed by atoms with E-state index in [1.165, 1.54) is 23.0 Å². The molecule has 0 N–H and O–H groups in total. The van der Waals surface area contributed by atoms with Crippen molar-refractivity contribution in [1.29, 1.82) is 0 Å². The van der Waals surface area contributed by atoms with Gasteiger partial charge in [0.1, 0.15) is 17.8 Å². The molecule has 1 atom stereocenters. The zero-order chi connectivity index (χ0) is 19.1. The van der Waals surface area contributed by atoms with Gasteiger partial charge in [-0.25, -0.2) is 9.97 Å². The van der Waals surface area contributed by atoms with Gasteiger partial charge in [-0.05, 0) is 42.5 Å². The maximum atomic E-state index is 13.3. The van der Waals surface area contributed by atoms with Crippen LogP contribution in [0.4, 0.5) is 11.5 Å². The van der Waals surface area contributed by atoms with E-state index < -0.39 is 0 Å². The summed E-state index contributed by atoms with van der Waals surface area (Å²) in [5.41, 5.74) is 5.37. The van der Waals surface area contributed by atoms with Gasteiger partial charge in [-0.1, -0.05) is 42.5 Å². The van der Waals surface area contributed by atoms with Crippen LogP contribution in [0.5, 0.6) is 0 Å². The Bertz CT molecular complexity index is 1050. The Labute approximate surface area is 164 Å². The Hall–Kier alpha value is -3.21. The number of rotatable bonds is 2. The second-order valence-corrected chi connectivity index (χ2v) is 7.56. The lowest BCUT2D eigenvalue weighted by Gasteiger charge is -2.30. The summed E-state index contributed by atoms with van der Waals surface area (Å²) in [4.78, 5) is 26.1. The quantitative estimate of drug-likeness (QED) is 0.691. The predicted octanol–water partition coefficient (Wildman–Crippen LogP) is 3.63. The van der Waals surface area contributed by atoms with Gasteiger partial charge in [0.2, 0.25) is 0 Å². The van der Waals surface area contributed by atoms with Crippen LogP contribution in [0.25, 0.3) is 0 Å². The molecule has 1 aromatic heterocycles. The molecular formula is C23H22N4O. The number of aromatic nitrogens is 2. The van der Waals surface area contributed by atoms with E-state index in [1.807, 2.05) is 29.2 Å². The lowest BCUT2D eigenvalue weighted by atomic mass is 10.00. The second kappa shape index (κ2) is 6.75. The first-order valence-corrected chi connectivity index (χ1v) is 9.76. The summed E-state index contributed by atoms with van der Waals surface area (Å²) >= 11 is 0. The molecule has 0 aliphatic carbocycles. The van der Waals surface area contributed by atoms with Crippen molar-refractivity contribution in [2.24, 2.45) is 0 Å². The van der Waals surface area contributed by atoms with Crippen molar-refractivity contribution >= 4 is 17.4 Å². The largest absolute Gasteiger partial charge is 0.352 e. The molecule has 0 radical (unpaired) electrons. The van der Waals surface area contributed by atoms with Gasteiger partial charge in [0.15, 0.2) is 0 Å². The third kappa shape index (κ3) is 2.83. The van der Waals surface area contributed by atoms with E-state index >= 15 is 0 Å². The third-order valence-corrected chi connectivity index (χ3v) is 5.75. The highest BCUT2D eigenvalue weighted by Gasteiger charge is 2.32. The SMILES string of the molecule is CC1Cc2ccccc2N1C(=O)c1cc(N2CCc3ccccc3C2)ncn1. The predicted molar refractivity (Wildman–Crippen MR) is 110 cm³/mol. The summed E-state index contributed by atoms with van der Waals surface area (Å²) in [6.45, 7) is 3.79. The molecule has 3 heterocycles. The van der Waals surface area contributed by atoms with Gasteiger partial charge in [0, 0.05) is 30.9 Å². The fourth-order valence-corrected chi connectivity index (χ4v) is 4.33. The molecule has 5 nitrogen and oxygen atoms in total. The van der Waals surface area contributed by atoms with Crippen LogP contribution in [0.2, 0.25) is 0 Å². The van der Waals surface area contributed by atoms with Crippen LogP contribution < -0.4 is 9.80 Å². The number of carbonyl (C=O) groups excluding carboxylic acids is 1. The Morgan fingerprint density at radius 3 is 2.61 bits per heavy atom. The lowest BCUT2D eigenvalue weighted by Crippen LogP contribution is -2.36. The Kier molecular flexibility index (Phi) is 4.08. The molecule has 5 rings (SSSR count). The molecule has 3 aromatic rings. The molecule has 2 aromatic carbocycles. The highest BCUT2D eigenvalue weighted by Crippen LogP contribution is 2.33. The molecule has 140 valence electrons. The normalized spacial score (nSPS) is 18.0. The number of anilines is 2. The van der Waals surface area contributed by atoms with Gasteiger partial charge in [-0.15, -0.1) is 0 Å². The molecule has 1 amide bonds. The van der Waals surface area contributed by atoms with Gasteiger partial charge in [-0.3, -0.25) is 4.79 Å². The lowest BCUT2D eigenvalue weighted by molar-refractivity contribution is 0.0976. The average molecular weight is 370 g/mol. The van der Waals surface area contributed by atoms with Crippen LogP contribution in [0, 0.1) is 0 Å². The van der Waals surface area contributed by atoms with Crippen molar-refractivity contribution in [2.45, 2.75) is 32.4 Å². The molecule has 0 saturated carbocycles. The second-order valence-electron chi connectivity index (χ2n) is 7.56. The van der Waals surface area contributed by atoms with E-state index in [-0.39, 0.29) is 11.9 Å². The van der Waals surface area contributed by atoms with Crippen molar-refractivity contribution in [3.05, 3.63) is 83.3 Å². The molecule has 1 unspecified atom stereocenters. The summed E-state index contributed by atoms with van der Waals surface area (Å²) in [6.07, 6.45) is 3.37. The van der Waals surface area contributed by atoms with Crippen LogP contribution >= 0.6 is 0 Å². The van der Waals surface area contributed by atoms with Crippen LogP contribution in [-0.2, 0) is 19.4 Å². The molecule has 5 heteroatoms. The maximum Gasteiger partial charge on any atom is 0.277 e. The van der Waals surface area contributed by atoms with Gasteiger partial charge < -0.3 is 9.80 Å². The molecule has 0 saturated heterocycles. The van der Waals surface area contributed by atoms with Crippen molar-refractivity contribution in [3.63, 3.8) is 0 Å². The number of amides is 1. The smallest absolute Gasteiger partial charge is 0.277 e. The van der Waals surface area contributed by atoms with Gasteiger partial charge in [0.05, 0.1) is 0 Å². The summed E-state index contributed by atoms with van der Waals surface area (Å²) < 4.78 is 0. The maximum absolute atomic E-state index is 13.3. The number of fused-ring (bicyclic) bond motifs is 2. The summed E-state index contributed by atoms with van der Waals surface area (Å²) in [6, 6.07) is 18.6. The first kappa shape index (κ1) is 16.9. The number of hydrogen-bond acceptors (Lipinski definition) is 4. The van der Waals surface area contributed by atoms with E-state index in [2.05, 4.69) is 52.1 Å². The number of nitrogens with zero attached hydrogens (tertiary/aromatic N) is 4. The molecule has 0 bridgehead atoms. The van der Waals surface area contributed by atoms with Crippen LogP contribution in [0.3, 0.4) is 0 Å². The molecule has 2 aliphatic rings. The molecule has 28 heavy (non-hydrogen) atoms. The first-order chi connectivity index (χ1) is 13.7. The zero-order valence-electron chi connectivity index (χ0n) is 15.9. The highest BCUT2D eigenvalue weighted by molar-refractivity contribution is 6.06. The monoisotopic (exact) mass is 370 g/mol. The minimum Gasteiger partial charge on any atom is -0.352 e. The van der Waals surface area contributed by atoms with Gasteiger partial charge in [-0.2, -0.15) is 0 Å².